The largest absolute Gasteiger partial charge is 0.334 e. The second-order valence-electron chi connectivity index (χ2n) is 7.59. The van der Waals surface area contributed by atoms with Gasteiger partial charge >= 0.3 is 0 Å². The first kappa shape index (κ1) is 17.2. The molecule has 0 saturated carbocycles. The van der Waals surface area contributed by atoms with Gasteiger partial charge in [-0.3, -0.25) is 14.4 Å². The SMILES string of the molecule is Cn1cc(CN2CC3CCCC(=O)N(Cc4cccc(F)c4)C3C2)cn1. The van der Waals surface area contributed by atoms with Gasteiger partial charge in [0.2, 0.25) is 5.91 Å². The van der Waals surface area contributed by atoms with Gasteiger partial charge in [0, 0.05) is 57.4 Å². The number of amides is 1. The van der Waals surface area contributed by atoms with Crippen LogP contribution < -0.4 is 0 Å². The minimum atomic E-state index is -0.244. The molecule has 0 N–H and O–H groups in total. The third-order valence-corrected chi connectivity index (χ3v) is 5.57. The molecule has 2 unspecified atom stereocenters. The first-order valence-electron chi connectivity index (χ1n) is 9.32. The van der Waals surface area contributed by atoms with E-state index in [2.05, 4.69) is 10.00 Å². The van der Waals surface area contributed by atoms with E-state index in [1.165, 1.54) is 17.7 Å². The molecule has 4 rings (SSSR count). The molecule has 0 aliphatic carbocycles. The number of hydrogen-bond acceptors (Lipinski definition) is 3. The van der Waals surface area contributed by atoms with Crippen molar-refractivity contribution in [2.75, 3.05) is 13.1 Å². The van der Waals surface area contributed by atoms with E-state index in [4.69, 9.17) is 0 Å². The number of nitrogens with zero attached hydrogens (tertiary/aromatic N) is 4. The van der Waals surface area contributed by atoms with Crippen LogP contribution in [-0.2, 0) is 24.9 Å². The van der Waals surface area contributed by atoms with Crippen LogP contribution in [0.3, 0.4) is 0 Å². The molecule has 6 heteroatoms. The summed E-state index contributed by atoms with van der Waals surface area (Å²) in [7, 11) is 1.93. The number of carbonyl (C=O) groups excluding carboxylic acids is 1. The quantitative estimate of drug-likeness (QED) is 0.846. The fourth-order valence-electron chi connectivity index (χ4n) is 4.40. The fraction of sp³-hybridized carbons (Fsp3) is 0.500. The average Bonchev–Trinajstić information content (AvgIpc) is 3.15. The molecule has 2 atom stereocenters. The summed E-state index contributed by atoms with van der Waals surface area (Å²) in [6, 6.07) is 6.81. The third kappa shape index (κ3) is 3.65. The number of aromatic nitrogens is 2. The van der Waals surface area contributed by atoms with E-state index in [1.807, 2.05) is 35.1 Å². The van der Waals surface area contributed by atoms with E-state index in [0.29, 0.717) is 18.9 Å². The van der Waals surface area contributed by atoms with Gasteiger partial charge in [0.25, 0.3) is 0 Å². The summed E-state index contributed by atoms with van der Waals surface area (Å²) in [5.41, 5.74) is 2.07. The lowest BCUT2D eigenvalue weighted by molar-refractivity contribution is -0.133. The highest BCUT2D eigenvalue weighted by atomic mass is 19.1. The Morgan fingerprint density at radius 2 is 2.12 bits per heavy atom. The van der Waals surface area contributed by atoms with Crippen molar-refractivity contribution in [2.24, 2.45) is 13.0 Å². The zero-order chi connectivity index (χ0) is 18.1. The lowest BCUT2D eigenvalue weighted by atomic mass is 9.98. The van der Waals surface area contributed by atoms with Crippen molar-refractivity contribution in [2.45, 2.75) is 38.4 Å². The molecule has 2 saturated heterocycles. The average molecular weight is 356 g/mol. The van der Waals surface area contributed by atoms with Gasteiger partial charge in [-0.25, -0.2) is 4.39 Å². The number of rotatable bonds is 4. The smallest absolute Gasteiger partial charge is 0.223 e. The van der Waals surface area contributed by atoms with Crippen molar-refractivity contribution in [3.63, 3.8) is 0 Å². The van der Waals surface area contributed by atoms with Crippen molar-refractivity contribution < 1.29 is 9.18 Å². The minimum Gasteiger partial charge on any atom is -0.334 e. The van der Waals surface area contributed by atoms with Gasteiger partial charge in [0.1, 0.15) is 5.82 Å². The molecular weight excluding hydrogens is 331 g/mol. The number of hydrogen-bond donors (Lipinski definition) is 0. The highest BCUT2D eigenvalue weighted by Crippen LogP contribution is 2.32. The summed E-state index contributed by atoms with van der Waals surface area (Å²) < 4.78 is 15.4. The molecule has 5 nitrogen and oxygen atoms in total. The monoisotopic (exact) mass is 356 g/mol. The summed E-state index contributed by atoms with van der Waals surface area (Å²) in [5, 5.41) is 4.25. The molecule has 1 amide bonds. The minimum absolute atomic E-state index is 0.199. The maximum atomic E-state index is 13.6. The summed E-state index contributed by atoms with van der Waals surface area (Å²) >= 11 is 0. The number of benzene rings is 1. The Kier molecular flexibility index (Phi) is 4.76. The second kappa shape index (κ2) is 7.19. The normalized spacial score (nSPS) is 23.9. The Bertz CT molecular complexity index is 790. The van der Waals surface area contributed by atoms with Gasteiger partial charge in [-0.05, 0) is 36.5 Å². The molecule has 0 bridgehead atoms. The Balaban J connectivity index is 1.50. The Labute approximate surface area is 153 Å². The van der Waals surface area contributed by atoms with E-state index in [0.717, 1.165) is 38.0 Å². The maximum Gasteiger partial charge on any atom is 0.223 e. The van der Waals surface area contributed by atoms with Crippen LogP contribution >= 0.6 is 0 Å². The topological polar surface area (TPSA) is 41.4 Å². The number of fused-ring (bicyclic) bond motifs is 1. The van der Waals surface area contributed by atoms with E-state index in [9.17, 15) is 9.18 Å². The zero-order valence-electron chi connectivity index (χ0n) is 15.1. The molecule has 0 spiro atoms. The molecule has 1 aromatic carbocycles. The van der Waals surface area contributed by atoms with Crippen LogP contribution in [-0.4, -0.2) is 44.6 Å². The molecule has 1 aromatic heterocycles. The number of halogens is 1. The number of likely N-dealkylation sites (tertiary alicyclic amines) is 2. The number of carbonyl (C=O) groups is 1. The molecule has 2 aromatic rings. The summed E-state index contributed by atoms with van der Waals surface area (Å²) in [4.78, 5) is 17.1. The first-order valence-corrected chi connectivity index (χ1v) is 9.32. The molecule has 2 aliphatic rings. The standard InChI is InChI=1S/C20H25FN4O/c1-23-10-16(9-22-23)11-24-13-17-5-3-7-20(26)25(19(17)14-24)12-15-4-2-6-18(21)8-15/h2,4,6,8-10,17,19H,3,5,7,11-14H2,1H3. The lowest BCUT2D eigenvalue weighted by Crippen LogP contribution is -2.42. The molecule has 26 heavy (non-hydrogen) atoms. The van der Waals surface area contributed by atoms with Gasteiger partial charge in [-0.2, -0.15) is 5.10 Å². The van der Waals surface area contributed by atoms with Crippen molar-refractivity contribution in [3.8, 4) is 0 Å². The van der Waals surface area contributed by atoms with Crippen molar-refractivity contribution in [3.05, 3.63) is 53.6 Å². The van der Waals surface area contributed by atoms with E-state index < -0.39 is 0 Å². The highest BCUT2D eigenvalue weighted by molar-refractivity contribution is 5.77. The molecule has 0 radical (unpaired) electrons. The predicted octanol–water partition coefficient (Wildman–Crippen LogP) is 2.57. The van der Waals surface area contributed by atoms with Crippen molar-refractivity contribution in [1.82, 2.24) is 19.6 Å². The molecule has 3 heterocycles. The predicted molar refractivity (Wildman–Crippen MR) is 96.6 cm³/mol. The van der Waals surface area contributed by atoms with Gasteiger partial charge in [0.15, 0.2) is 0 Å². The number of aryl methyl sites for hydroxylation is 1. The van der Waals surface area contributed by atoms with Gasteiger partial charge < -0.3 is 4.90 Å². The Morgan fingerprint density at radius 3 is 2.88 bits per heavy atom. The maximum absolute atomic E-state index is 13.6. The zero-order valence-corrected chi connectivity index (χ0v) is 15.1. The van der Waals surface area contributed by atoms with E-state index in [-0.39, 0.29) is 17.8 Å². The van der Waals surface area contributed by atoms with Crippen molar-refractivity contribution >= 4 is 5.91 Å². The second-order valence-corrected chi connectivity index (χ2v) is 7.59. The highest BCUT2D eigenvalue weighted by Gasteiger charge is 2.40. The van der Waals surface area contributed by atoms with Gasteiger partial charge in [-0.15, -0.1) is 0 Å². The molecule has 2 fully saturated rings. The third-order valence-electron chi connectivity index (χ3n) is 5.57. The van der Waals surface area contributed by atoms with Crippen LogP contribution in [0.15, 0.2) is 36.7 Å². The molecule has 2 aliphatic heterocycles. The van der Waals surface area contributed by atoms with E-state index in [1.54, 1.807) is 6.07 Å². The van der Waals surface area contributed by atoms with Crippen LogP contribution in [0, 0.1) is 11.7 Å². The summed E-state index contributed by atoms with van der Waals surface area (Å²) in [5.74, 6) is 0.447. The van der Waals surface area contributed by atoms with Crippen LogP contribution in [0.2, 0.25) is 0 Å². The van der Waals surface area contributed by atoms with Gasteiger partial charge in [0.05, 0.1) is 6.20 Å². The van der Waals surface area contributed by atoms with Gasteiger partial charge in [-0.1, -0.05) is 12.1 Å². The first-order chi connectivity index (χ1) is 12.6. The Hall–Kier alpha value is -2.21. The van der Waals surface area contributed by atoms with Crippen LogP contribution in [0.25, 0.3) is 0 Å². The molecular formula is C20H25FN4O. The van der Waals surface area contributed by atoms with E-state index >= 15 is 0 Å². The van der Waals surface area contributed by atoms with Crippen LogP contribution in [0.4, 0.5) is 4.39 Å². The summed E-state index contributed by atoms with van der Waals surface area (Å²) in [6.07, 6.45) is 6.58. The fourth-order valence-corrected chi connectivity index (χ4v) is 4.40. The summed E-state index contributed by atoms with van der Waals surface area (Å²) in [6.45, 7) is 3.24. The Morgan fingerprint density at radius 1 is 1.23 bits per heavy atom. The van der Waals surface area contributed by atoms with Crippen LogP contribution in [0.1, 0.15) is 30.4 Å². The van der Waals surface area contributed by atoms with Crippen LogP contribution in [0.5, 0.6) is 0 Å². The molecule has 138 valence electrons. The van der Waals surface area contributed by atoms with Crippen molar-refractivity contribution in [1.29, 1.82) is 0 Å². The lowest BCUT2D eigenvalue weighted by Gasteiger charge is -2.30.